The van der Waals surface area contributed by atoms with Crippen LogP contribution in [0.25, 0.3) is 0 Å². The minimum Gasteiger partial charge on any atom is -0.337 e. The summed E-state index contributed by atoms with van der Waals surface area (Å²) < 4.78 is 0. The molecule has 1 amide bonds. The van der Waals surface area contributed by atoms with Crippen molar-refractivity contribution in [3.63, 3.8) is 0 Å². The number of rotatable bonds is 6. The second kappa shape index (κ2) is 7.45. The number of nitrogens with zero attached hydrogens (tertiary/aromatic N) is 2. The van der Waals surface area contributed by atoms with E-state index in [-0.39, 0.29) is 11.9 Å². The Morgan fingerprint density at radius 1 is 1.26 bits per heavy atom. The number of piperidine rings is 1. The van der Waals surface area contributed by atoms with Crippen molar-refractivity contribution in [2.45, 2.75) is 63.7 Å². The lowest BCUT2D eigenvalue weighted by Gasteiger charge is -2.39. The molecule has 126 valence electrons. The highest BCUT2D eigenvalue weighted by molar-refractivity contribution is 5.81. The summed E-state index contributed by atoms with van der Waals surface area (Å²) in [6.45, 7) is 4.64. The van der Waals surface area contributed by atoms with Gasteiger partial charge in [-0.05, 0) is 44.6 Å². The standard InChI is InChI=1S/C19H29N3O/c1-15(20)19(23)22-12-6-5-9-18(22)14-21(17-10-11-17)13-16-7-3-2-4-8-16/h2-4,7-8,15,17-18H,5-6,9-14,20H2,1H3/t15-,18-/m0/s1. The minimum absolute atomic E-state index is 0.116. The molecule has 0 aromatic heterocycles. The summed E-state index contributed by atoms with van der Waals surface area (Å²) in [5.41, 5.74) is 7.21. The van der Waals surface area contributed by atoms with Crippen molar-refractivity contribution < 1.29 is 4.79 Å². The third kappa shape index (κ3) is 4.33. The van der Waals surface area contributed by atoms with Crippen molar-refractivity contribution in [3.8, 4) is 0 Å². The summed E-state index contributed by atoms with van der Waals surface area (Å²) in [5, 5.41) is 0. The van der Waals surface area contributed by atoms with Gasteiger partial charge < -0.3 is 10.6 Å². The van der Waals surface area contributed by atoms with Gasteiger partial charge in [-0.3, -0.25) is 9.69 Å². The van der Waals surface area contributed by atoms with E-state index in [9.17, 15) is 4.79 Å². The molecule has 4 heteroatoms. The lowest BCUT2D eigenvalue weighted by molar-refractivity contribution is -0.136. The Hall–Kier alpha value is -1.39. The number of carbonyl (C=O) groups excluding carboxylic acids is 1. The maximum Gasteiger partial charge on any atom is 0.239 e. The van der Waals surface area contributed by atoms with Crippen LogP contribution in [0.15, 0.2) is 30.3 Å². The van der Waals surface area contributed by atoms with Gasteiger partial charge in [-0.1, -0.05) is 30.3 Å². The molecule has 0 spiro atoms. The van der Waals surface area contributed by atoms with Gasteiger partial charge >= 0.3 is 0 Å². The molecule has 23 heavy (non-hydrogen) atoms. The highest BCUT2D eigenvalue weighted by Gasteiger charge is 2.34. The van der Waals surface area contributed by atoms with Crippen LogP contribution in [-0.2, 0) is 11.3 Å². The zero-order chi connectivity index (χ0) is 16.2. The van der Waals surface area contributed by atoms with Crippen molar-refractivity contribution >= 4 is 5.91 Å². The molecule has 1 aromatic carbocycles. The first-order valence-electron chi connectivity index (χ1n) is 8.99. The number of benzene rings is 1. The summed E-state index contributed by atoms with van der Waals surface area (Å²) in [6.07, 6.45) is 6.02. The third-order valence-electron chi connectivity index (χ3n) is 5.04. The van der Waals surface area contributed by atoms with Crippen molar-refractivity contribution in [2.75, 3.05) is 13.1 Å². The Morgan fingerprint density at radius 2 is 2.00 bits per heavy atom. The van der Waals surface area contributed by atoms with E-state index in [0.717, 1.165) is 32.5 Å². The largest absolute Gasteiger partial charge is 0.337 e. The van der Waals surface area contributed by atoms with E-state index >= 15 is 0 Å². The van der Waals surface area contributed by atoms with Crippen LogP contribution < -0.4 is 5.73 Å². The number of likely N-dealkylation sites (tertiary alicyclic amines) is 1. The van der Waals surface area contributed by atoms with Crippen molar-refractivity contribution in [2.24, 2.45) is 5.73 Å². The van der Waals surface area contributed by atoms with E-state index in [4.69, 9.17) is 5.73 Å². The van der Waals surface area contributed by atoms with Crippen molar-refractivity contribution in [3.05, 3.63) is 35.9 Å². The molecule has 1 saturated carbocycles. The van der Waals surface area contributed by atoms with E-state index in [1.54, 1.807) is 6.92 Å². The Kier molecular flexibility index (Phi) is 5.34. The lowest BCUT2D eigenvalue weighted by atomic mass is 10.00. The number of nitrogens with two attached hydrogens (primary N) is 1. The molecule has 0 bridgehead atoms. The van der Waals surface area contributed by atoms with E-state index in [1.807, 2.05) is 0 Å². The van der Waals surface area contributed by atoms with Gasteiger partial charge in [0.2, 0.25) is 5.91 Å². The van der Waals surface area contributed by atoms with Gasteiger partial charge in [0.1, 0.15) is 0 Å². The number of carbonyl (C=O) groups is 1. The first-order chi connectivity index (χ1) is 11.1. The van der Waals surface area contributed by atoms with Gasteiger partial charge in [-0.15, -0.1) is 0 Å². The minimum atomic E-state index is -0.390. The molecule has 1 aromatic rings. The molecular formula is C19H29N3O. The van der Waals surface area contributed by atoms with Crippen LogP contribution in [0.4, 0.5) is 0 Å². The van der Waals surface area contributed by atoms with Gasteiger partial charge in [-0.25, -0.2) is 0 Å². The van der Waals surface area contributed by atoms with Crippen LogP contribution in [0.2, 0.25) is 0 Å². The molecular weight excluding hydrogens is 286 g/mol. The predicted molar refractivity (Wildman–Crippen MR) is 92.9 cm³/mol. The Labute approximate surface area is 139 Å². The molecule has 0 radical (unpaired) electrons. The van der Waals surface area contributed by atoms with Gasteiger partial charge in [0.05, 0.1) is 6.04 Å². The lowest BCUT2D eigenvalue weighted by Crippen LogP contribution is -2.53. The maximum absolute atomic E-state index is 12.4. The number of hydrogen-bond acceptors (Lipinski definition) is 3. The van der Waals surface area contributed by atoms with E-state index in [1.165, 1.54) is 24.8 Å². The number of hydrogen-bond donors (Lipinski definition) is 1. The van der Waals surface area contributed by atoms with Crippen LogP contribution in [0.5, 0.6) is 0 Å². The Morgan fingerprint density at radius 3 is 2.65 bits per heavy atom. The van der Waals surface area contributed by atoms with Gasteiger partial charge in [0.15, 0.2) is 0 Å². The van der Waals surface area contributed by atoms with Gasteiger partial charge in [0.25, 0.3) is 0 Å². The van der Waals surface area contributed by atoms with Gasteiger partial charge in [0, 0.05) is 31.7 Å². The first-order valence-corrected chi connectivity index (χ1v) is 8.99. The summed E-state index contributed by atoms with van der Waals surface area (Å²) in [5.74, 6) is 0.116. The average Bonchev–Trinajstić information content (AvgIpc) is 3.40. The summed E-state index contributed by atoms with van der Waals surface area (Å²) in [6, 6.07) is 11.3. The molecule has 1 aliphatic carbocycles. The Balaban J connectivity index is 1.67. The fraction of sp³-hybridized carbons (Fsp3) is 0.632. The fourth-order valence-corrected chi connectivity index (χ4v) is 3.61. The molecule has 4 nitrogen and oxygen atoms in total. The maximum atomic E-state index is 12.4. The fourth-order valence-electron chi connectivity index (χ4n) is 3.61. The van der Waals surface area contributed by atoms with Crippen LogP contribution in [-0.4, -0.2) is 46.9 Å². The van der Waals surface area contributed by atoms with E-state index in [0.29, 0.717) is 12.1 Å². The highest BCUT2D eigenvalue weighted by atomic mass is 16.2. The Bertz CT molecular complexity index is 513. The summed E-state index contributed by atoms with van der Waals surface area (Å²) in [4.78, 5) is 17.0. The number of amides is 1. The molecule has 1 heterocycles. The smallest absolute Gasteiger partial charge is 0.239 e. The van der Waals surface area contributed by atoms with Crippen molar-refractivity contribution in [1.82, 2.24) is 9.80 Å². The quantitative estimate of drug-likeness (QED) is 0.877. The first kappa shape index (κ1) is 16.5. The van der Waals surface area contributed by atoms with E-state index in [2.05, 4.69) is 40.1 Å². The molecule has 0 unspecified atom stereocenters. The van der Waals surface area contributed by atoms with E-state index < -0.39 is 0 Å². The topological polar surface area (TPSA) is 49.6 Å². The average molecular weight is 315 g/mol. The summed E-state index contributed by atoms with van der Waals surface area (Å²) >= 11 is 0. The molecule has 2 N–H and O–H groups in total. The molecule has 1 aliphatic heterocycles. The molecule has 2 aliphatic rings. The third-order valence-corrected chi connectivity index (χ3v) is 5.04. The second-order valence-electron chi connectivity index (χ2n) is 7.12. The van der Waals surface area contributed by atoms with Crippen LogP contribution in [0, 0.1) is 0 Å². The molecule has 1 saturated heterocycles. The van der Waals surface area contributed by atoms with Crippen molar-refractivity contribution in [1.29, 1.82) is 0 Å². The SMILES string of the molecule is C[C@H](N)C(=O)N1CCCC[C@H]1CN(Cc1ccccc1)C1CC1. The van der Waals surface area contributed by atoms with Crippen LogP contribution in [0.1, 0.15) is 44.6 Å². The van der Waals surface area contributed by atoms with Crippen LogP contribution in [0.3, 0.4) is 0 Å². The van der Waals surface area contributed by atoms with Gasteiger partial charge in [-0.2, -0.15) is 0 Å². The predicted octanol–water partition coefficient (Wildman–Crippen LogP) is 2.38. The second-order valence-corrected chi connectivity index (χ2v) is 7.12. The monoisotopic (exact) mass is 315 g/mol. The summed E-state index contributed by atoms with van der Waals surface area (Å²) in [7, 11) is 0. The van der Waals surface area contributed by atoms with Crippen LogP contribution >= 0.6 is 0 Å². The molecule has 3 rings (SSSR count). The molecule has 2 fully saturated rings. The highest BCUT2D eigenvalue weighted by Crippen LogP contribution is 2.30. The zero-order valence-electron chi connectivity index (χ0n) is 14.2. The molecule has 2 atom stereocenters. The normalized spacial score (nSPS) is 23.1. The zero-order valence-corrected chi connectivity index (χ0v) is 14.2.